The molecule has 0 spiro atoms. The third-order valence-corrected chi connectivity index (χ3v) is 3.41. The molecule has 2 N–H and O–H groups in total. The molecule has 0 rings (SSSR count). The molecule has 0 aliphatic carbocycles. The first kappa shape index (κ1) is 22.2. The monoisotopic (exact) mass is 330 g/mol. The van der Waals surface area contributed by atoms with E-state index in [1.807, 2.05) is 20.8 Å². The van der Waals surface area contributed by atoms with Gasteiger partial charge in [0.2, 0.25) is 0 Å². The summed E-state index contributed by atoms with van der Waals surface area (Å²) in [5, 5.41) is 6.35. The molecule has 1 unspecified atom stereocenters. The summed E-state index contributed by atoms with van der Waals surface area (Å²) in [5.41, 5.74) is -0.444. The zero-order valence-corrected chi connectivity index (χ0v) is 16.0. The van der Waals surface area contributed by atoms with Crippen molar-refractivity contribution in [2.75, 3.05) is 26.8 Å². The summed E-state index contributed by atoms with van der Waals surface area (Å²) in [6.07, 6.45) is 5.30. The van der Waals surface area contributed by atoms with Crippen LogP contribution in [0.5, 0.6) is 0 Å². The van der Waals surface area contributed by atoms with Gasteiger partial charge in [0.25, 0.3) is 0 Å². The van der Waals surface area contributed by atoms with E-state index in [0.29, 0.717) is 19.2 Å². The average Bonchev–Trinajstić information content (AvgIpc) is 2.40. The van der Waals surface area contributed by atoms with Crippen LogP contribution in [0.3, 0.4) is 0 Å². The van der Waals surface area contributed by atoms with Crippen molar-refractivity contribution in [2.45, 2.75) is 78.4 Å². The third-order valence-electron chi connectivity index (χ3n) is 3.41. The summed E-state index contributed by atoms with van der Waals surface area (Å²) in [6.45, 7) is 12.5. The number of hydrogen-bond donors (Lipinski definition) is 2. The Hall–Kier alpha value is -0.810. The molecule has 0 saturated carbocycles. The van der Waals surface area contributed by atoms with Crippen LogP contribution in [-0.2, 0) is 9.47 Å². The van der Waals surface area contributed by atoms with Gasteiger partial charge >= 0.3 is 6.09 Å². The Bertz CT molecular complexity index is 301. The lowest BCUT2D eigenvalue weighted by atomic mass is 10.1. The molecule has 0 bridgehead atoms. The summed E-state index contributed by atoms with van der Waals surface area (Å²) in [6, 6.07) is 0.347. The van der Waals surface area contributed by atoms with E-state index in [9.17, 15) is 4.79 Å². The van der Waals surface area contributed by atoms with Crippen molar-refractivity contribution in [1.82, 2.24) is 10.6 Å². The second kappa shape index (κ2) is 12.6. The van der Waals surface area contributed by atoms with Gasteiger partial charge in [0.1, 0.15) is 5.60 Å². The Balaban J connectivity index is 3.77. The van der Waals surface area contributed by atoms with Gasteiger partial charge in [0.15, 0.2) is 0 Å². The molecule has 0 heterocycles. The van der Waals surface area contributed by atoms with Crippen LogP contribution >= 0.6 is 0 Å². The lowest BCUT2D eigenvalue weighted by Crippen LogP contribution is -2.36. The van der Waals surface area contributed by atoms with Crippen molar-refractivity contribution in [3.05, 3.63) is 0 Å². The van der Waals surface area contributed by atoms with E-state index in [0.717, 1.165) is 25.3 Å². The van der Waals surface area contributed by atoms with Crippen LogP contribution in [0.25, 0.3) is 0 Å². The van der Waals surface area contributed by atoms with E-state index in [4.69, 9.17) is 9.47 Å². The zero-order valence-electron chi connectivity index (χ0n) is 16.0. The Morgan fingerprint density at radius 1 is 1.04 bits per heavy atom. The normalized spacial score (nSPS) is 13.2. The number of amides is 1. The first-order chi connectivity index (χ1) is 10.7. The topological polar surface area (TPSA) is 59.6 Å². The standard InChI is InChI=1S/C18H38N2O3/c1-15(2)10-7-8-12-19-16(14-22-6)11-9-13-20-17(21)23-18(3,4)5/h15-16,19H,7-14H2,1-6H3,(H,20,21). The molecular formula is C18H38N2O3. The summed E-state index contributed by atoms with van der Waals surface area (Å²) >= 11 is 0. The molecule has 5 heteroatoms. The second-order valence-electron chi connectivity index (χ2n) is 7.57. The van der Waals surface area contributed by atoms with Gasteiger partial charge in [0.05, 0.1) is 6.61 Å². The fourth-order valence-electron chi connectivity index (χ4n) is 2.28. The molecule has 0 fully saturated rings. The van der Waals surface area contributed by atoms with E-state index in [2.05, 4.69) is 24.5 Å². The highest BCUT2D eigenvalue weighted by Gasteiger charge is 2.15. The third kappa shape index (κ3) is 15.8. The lowest BCUT2D eigenvalue weighted by molar-refractivity contribution is 0.0526. The van der Waals surface area contributed by atoms with E-state index >= 15 is 0 Å². The predicted molar refractivity (Wildman–Crippen MR) is 95.8 cm³/mol. The van der Waals surface area contributed by atoms with Gasteiger partial charge in [-0.25, -0.2) is 4.79 Å². The molecule has 138 valence electrons. The highest BCUT2D eigenvalue weighted by atomic mass is 16.6. The number of ether oxygens (including phenoxy) is 2. The predicted octanol–water partition coefficient (Wildman–Crippen LogP) is 3.72. The van der Waals surface area contributed by atoms with Crippen LogP contribution in [0, 0.1) is 5.92 Å². The smallest absolute Gasteiger partial charge is 0.407 e. The van der Waals surface area contributed by atoms with Crippen molar-refractivity contribution >= 4 is 6.09 Å². The van der Waals surface area contributed by atoms with Gasteiger partial charge in [0, 0.05) is 19.7 Å². The SMILES string of the molecule is COCC(CCCNC(=O)OC(C)(C)C)NCCCCC(C)C. The molecule has 1 amide bonds. The Kier molecular flexibility index (Phi) is 12.1. The number of alkyl carbamates (subject to hydrolysis) is 1. The minimum atomic E-state index is -0.444. The van der Waals surface area contributed by atoms with Gasteiger partial charge in [-0.2, -0.15) is 0 Å². The first-order valence-electron chi connectivity index (χ1n) is 8.93. The van der Waals surface area contributed by atoms with Crippen molar-refractivity contribution in [3.8, 4) is 0 Å². The van der Waals surface area contributed by atoms with Gasteiger partial charge in [-0.1, -0.05) is 26.7 Å². The molecular weight excluding hydrogens is 292 g/mol. The van der Waals surface area contributed by atoms with Gasteiger partial charge < -0.3 is 20.1 Å². The number of hydrogen-bond acceptors (Lipinski definition) is 4. The number of carbonyl (C=O) groups is 1. The van der Waals surface area contributed by atoms with Crippen LogP contribution in [0.4, 0.5) is 4.79 Å². The van der Waals surface area contributed by atoms with Crippen LogP contribution in [0.1, 0.15) is 66.7 Å². The molecule has 0 saturated heterocycles. The lowest BCUT2D eigenvalue weighted by Gasteiger charge is -2.20. The maximum Gasteiger partial charge on any atom is 0.407 e. The highest BCUT2D eigenvalue weighted by Crippen LogP contribution is 2.07. The highest BCUT2D eigenvalue weighted by molar-refractivity contribution is 5.67. The van der Waals surface area contributed by atoms with Gasteiger partial charge in [-0.05, 0) is 52.5 Å². The van der Waals surface area contributed by atoms with E-state index in [1.54, 1.807) is 7.11 Å². The van der Waals surface area contributed by atoms with Gasteiger partial charge in [-0.15, -0.1) is 0 Å². The Morgan fingerprint density at radius 2 is 1.74 bits per heavy atom. The quantitative estimate of drug-likeness (QED) is 0.535. The molecule has 0 aromatic rings. The fraction of sp³-hybridized carbons (Fsp3) is 0.944. The minimum Gasteiger partial charge on any atom is -0.444 e. The summed E-state index contributed by atoms with van der Waals surface area (Å²) in [4.78, 5) is 11.6. The molecule has 5 nitrogen and oxygen atoms in total. The van der Waals surface area contributed by atoms with Gasteiger partial charge in [-0.3, -0.25) is 0 Å². The van der Waals surface area contributed by atoms with Crippen molar-refractivity contribution < 1.29 is 14.3 Å². The van der Waals surface area contributed by atoms with Crippen LogP contribution < -0.4 is 10.6 Å². The molecule has 0 aromatic carbocycles. The minimum absolute atomic E-state index is 0.345. The summed E-state index contributed by atoms with van der Waals surface area (Å²) in [7, 11) is 1.73. The molecule has 1 atom stereocenters. The number of methoxy groups -OCH3 is 1. The zero-order chi connectivity index (χ0) is 17.7. The maximum absolute atomic E-state index is 11.6. The number of carbonyl (C=O) groups excluding carboxylic acids is 1. The van der Waals surface area contributed by atoms with Crippen LogP contribution in [0.2, 0.25) is 0 Å². The van der Waals surface area contributed by atoms with Crippen LogP contribution in [-0.4, -0.2) is 44.5 Å². The first-order valence-corrected chi connectivity index (χ1v) is 8.93. The van der Waals surface area contributed by atoms with Crippen molar-refractivity contribution in [3.63, 3.8) is 0 Å². The second-order valence-corrected chi connectivity index (χ2v) is 7.57. The average molecular weight is 331 g/mol. The number of rotatable bonds is 12. The fourth-order valence-corrected chi connectivity index (χ4v) is 2.28. The van der Waals surface area contributed by atoms with Crippen LogP contribution in [0.15, 0.2) is 0 Å². The van der Waals surface area contributed by atoms with E-state index < -0.39 is 5.60 Å². The van der Waals surface area contributed by atoms with E-state index in [1.165, 1.54) is 19.3 Å². The molecule has 0 aliphatic heterocycles. The van der Waals surface area contributed by atoms with Crippen molar-refractivity contribution in [1.29, 1.82) is 0 Å². The molecule has 0 radical (unpaired) electrons. The molecule has 23 heavy (non-hydrogen) atoms. The largest absolute Gasteiger partial charge is 0.444 e. The summed E-state index contributed by atoms with van der Waals surface area (Å²) in [5.74, 6) is 0.781. The summed E-state index contributed by atoms with van der Waals surface area (Å²) < 4.78 is 10.5. The molecule has 0 aliphatic rings. The Labute approximate surface area is 142 Å². The number of unbranched alkanes of at least 4 members (excludes halogenated alkanes) is 1. The van der Waals surface area contributed by atoms with E-state index in [-0.39, 0.29) is 6.09 Å². The molecule has 0 aromatic heterocycles. The van der Waals surface area contributed by atoms with Crippen molar-refractivity contribution in [2.24, 2.45) is 5.92 Å². The Morgan fingerprint density at radius 3 is 2.30 bits per heavy atom. The number of nitrogens with one attached hydrogen (secondary N) is 2. The maximum atomic E-state index is 11.6.